The first-order chi connectivity index (χ1) is 8.17. The SMILES string of the molecule is CNOCC(C)c1cncc(CC(=O)OC)c1. The summed E-state index contributed by atoms with van der Waals surface area (Å²) in [6, 6.07) is 1.95. The summed E-state index contributed by atoms with van der Waals surface area (Å²) >= 11 is 0. The summed E-state index contributed by atoms with van der Waals surface area (Å²) in [5.41, 5.74) is 4.53. The minimum absolute atomic E-state index is 0.215. The van der Waals surface area contributed by atoms with Gasteiger partial charge in [0.05, 0.1) is 20.1 Å². The number of carbonyl (C=O) groups is 1. The molecule has 0 saturated heterocycles. The van der Waals surface area contributed by atoms with E-state index in [0.717, 1.165) is 11.1 Å². The Bertz CT molecular complexity index is 369. The Labute approximate surface area is 101 Å². The van der Waals surface area contributed by atoms with Gasteiger partial charge in [0.1, 0.15) is 0 Å². The van der Waals surface area contributed by atoms with Crippen LogP contribution >= 0.6 is 0 Å². The van der Waals surface area contributed by atoms with Crippen molar-refractivity contribution in [2.45, 2.75) is 19.3 Å². The van der Waals surface area contributed by atoms with Gasteiger partial charge in [-0.15, -0.1) is 0 Å². The number of pyridine rings is 1. The average Bonchev–Trinajstić information content (AvgIpc) is 2.36. The lowest BCUT2D eigenvalue weighted by Gasteiger charge is -2.12. The molecule has 1 atom stereocenters. The van der Waals surface area contributed by atoms with E-state index < -0.39 is 0 Å². The van der Waals surface area contributed by atoms with Crippen LogP contribution in [0.3, 0.4) is 0 Å². The van der Waals surface area contributed by atoms with Gasteiger partial charge in [-0.1, -0.05) is 13.0 Å². The van der Waals surface area contributed by atoms with Crippen LogP contribution < -0.4 is 5.48 Å². The van der Waals surface area contributed by atoms with Gasteiger partial charge in [-0.3, -0.25) is 9.78 Å². The van der Waals surface area contributed by atoms with Gasteiger partial charge in [-0.2, -0.15) is 0 Å². The van der Waals surface area contributed by atoms with E-state index >= 15 is 0 Å². The fourth-order valence-corrected chi connectivity index (χ4v) is 1.42. The molecular formula is C12H18N2O3. The summed E-state index contributed by atoms with van der Waals surface area (Å²) < 4.78 is 4.62. The van der Waals surface area contributed by atoms with E-state index in [1.54, 1.807) is 19.4 Å². The molecule has 0 spiro atoms. The van der Waals surface area contributed by atoms with E-state index in [9.17, 15) is 4.79 Å². The number of ether oxygens (including phenoxy) is 1. The molecule has 5 heteroatoms. The highest BCUT2D eigenvalue weighted by Crippen LogP contribution is 2.15. The van der Waals surface area contributed by atoms with Gasteiger partial charge in [0.2, 0.25) is 0 Å². The van der Waals surface area contributed by atoms with Crippen LogP contribution in [-0.4, -0.2) is 31.7 Å². The van der Waals surface area contributed by atoms with Crippen molar-refractivity contribution in [2.24, 2.45) is 0 Å². The molecule has 0 bridgehead atoms. The molecular weight excluding hydrogens is 220 g/mol. The Morgan fingerprint density at radius 3 is 2.94 bits per heavy atom. The predicted molar refractivity (Wildman–Crippen MR) is 63.4 cm³/mol. The number of hydrogen-bond donors (Lipinski definition) is 1. The summed E-state index contributed by atoms with van der Waals surface area (Å²) in [5, 5.41) is 0. The number of esters is 1. The lowest BCUT2D eigenvalue weighted by atomic mass is 10.0. The van der Waals surface area contributed by atoms with Crippen molar-refractivity contribution < 1.29 is 14.4 Å². The van der Waals surface area contributed by atoms with Gasteiger partial charge in [0.25, 0.3) is 0 Å². The highest BCUT2D eigenvalue weighted by Gasteiger charge is 2.09. The fourth-order valence-electron chi connectivity index (χ4n) is 1.42. The summed E-state index contributed by atoms with van der Waals surface area (Å²) in [6.07, 6.45) is 3.70. The zero-order valence-electron chi connectivity index (χ0n) is 10.4. The third kappa shape index (κ3) is 4.50. The second-order valence-electron chi connectivity index (χ2n) is 3.80. The molecule has 1 N–H and O–H groups in total. The van der Waals surface area contributed by atoms with Gasteiger partial charge >= 0.3 is 5.97 Å². The number of methoxy groups -OCH3 is 1. The van der Waals surface area contributed by atoms with Gasteiger partial charge in [0.15, 0.2) is 0 Å². The minimum atomic E-state index is -0.261. The van der Waals surface area contributed by atoms with Gasteiger partial charge in [-0.05, 0) is 11.1 Å². The molecule has 17 heavy (non-hydrogen) atoms. The number of nitrogens with one attached hydrogen (secondary N) is 1. The molecule has 0 saturated carbocycles. The summed E-state index contributed by atoms with van der Waals surface area (Å²) in [6.45, 7) is 2.59. The maximum atomic E-state index is 11.1. The van der Waals surface area contributed by atoms with Crippen LogP contribution in [0.25, 0.3) is 0 Å². The summed E-state index contributed by atoms with van der Waals surface area (Å²) in [4.78, 5) is 20.4. The van der Waals surface area contributed by atoms with Crippen molar-refractivity contribution in [3.05, 3.63) is 29.6 Å². The van der Waals surface area contributed by atoms with Gasteiger partial charge < -0.3 is 9.57 Å². The fraction of sp³-hybridized carbons (Fsp3) is 0.500. The minimum Gasteiger partial charge on any atom is -0.469 e. The second-order valence-corrected chi connectivity index (χ2v) is 3.80. The maximum Gasteiger partial charge on any atom is 0.310 e. The predicted octanol–water partition coefficient (Wildman–Crippen LogP) is 1.05. The molecule has 0 radical (unpaired) electrons. The van der Waals surface area contributed by atoms with Crippen molar-refractivity contribution in [1.29, 1.82) is 0 Å². The third-order valence-electron chi connectivity index (χ3n) is 2.44. The highest BCUT2D eigenvalue weighted by atomic mass is 16.6. The van der Waals surface area contributed by atoms with Crippen molar-refractivity contribution in [1.82, 2.24) is 10.5 Å². The number of rotatable bonds is 6. The first-order valence-electron chi connectivity index (χ1n) is 5.46. The molecule has 0 fully saturated rings. The molecule has 0 aliphatic heterocycles. The average molecular weight is 238 g/mol. The van der Waals surface area contributed by atoms with E-state index in [0.29, 0.717) is 6.61 Å². The molecule has 1 heterocycles. The molecule has 1 rings (SSSR count). The maximum absolute atomic E-state index is 11.1. The third-order valence-corrected chi connectivity index (χ3v) is 2.44. The van der Waals surface area contributed by atoms with Crippen molar-refractivity contribution in [2.75, 3.05) is 20.8 Å². The smallest absolute Gasteiger partial charge is 0.310 e. The number of hydroxylamine groups is 1. The van der Waals surface area contributed by atoms with E-state index in [1.807, 2.05) is 13.0 Å². The topological polar surface area (TPSA) is 60.5 Å². The summed E-state index contributed by atoms with van der Waals surface area (Å²) in [5.74, 6) is -0.0457. The van der Waals surface area contributed by atoms with Crippen LogP contribution in [0.1, 0.15) is 24.0 Å². The van der Waals surface area contributed by atoms with Crippen LogP contribution in [0.2, 0.25) is 0 Å². The molecule has 0 amide bonds. The molecule has 0 aliphatic carbocycles. The molecule has 0 aromatic carbocycles. The van der Waals surface area contributed by atoms with Crippen LogP contribution in [0, 0.1) is 0 Å². The molecule has 1 aromatic rings. The normalized spacial score (nSPS) is 12.2. The number of nitrogens with zero attached hydrogens (tertiary/aromatic N) is 1. The quantitative estimate of drug-likeness (QED) is 0.593. The number of carbonyl (C=O) groups excluding carboxylic acids is 1. The first kappa shape index (κ1) is 13.6. The molecule has 5 nitrogen and oxygen atoms in total. The molecule has 1 unspecified atom stereocenters. The van der Waals surface area contributed by atoms with Gasteiger partial charge in [0, 0.05) is 25.4 Å². The zero-order chi connectivity index (χ0) is 12.7. The second kappa shape index (κ2) is 6.98. The Hall–Kier alpha value is -1.46. The van der Waals surface area contributed by atoms with E-state index in [4.69, 9.17) is 4.84 Å². The number of aromatic nitrogens is 1. The summed E-state index contributed by atoms with van der Waals surface area (Å²) in [7, 11) is 3.10. The number of hydrogen-bond acceptors (Lipinski definition) is 5. The Morgan fingerprint density at radius 2 is 2.29 bits per heavy atom. The Kier molecular flexibility index (Phi) is 5.59. The lowest BCUT2D eigenvalue weighted by molar-refractivity contribution is -0.139. The Balaban J connectivity index is 2.67. The monoisotopic (exact) mass is 238 g/mol. The zero-order valence-corrected chi connectivity index (χ0v) is 10.4. The Morgan fingerprint density at radius 1 is 1.53 bits per heavy atom. The first-order valence-corrected chi connectivity index (χ1v) is 5.46. The molecule has 0 aliphatic rings. The van der Waals surface area contributed by atoms with Gasteiger partial charge in [-0.25, -0.2) is 5.48 Å². The van der Waals surface area contributed by atoms with Crippen molar-refractivity contribution in [3.63, 3.8) is 0 Å². The standard InChI is InChI=1S/C12H18N2O3/c1-9(8-17-13-2)11-4-10(6-14-7-11)5-12(15)16-3/h4,6-7,9,13H,5,8H2,1-3H3. The molecule has 94 valence electrons. The lowest BCUT2D eigenvalue weighted by Crippen LogP contribution is -2.13. The van der Waals surface area contributed by atoms with Crippen LogP contribution in [0.4, 0.5) is 0 Å². The van der Waals surface area contributed by atoms with E-state index in [2.05, 4.69) is 15.2 Å². The van der Waals surface area contributed by atoms with Crippen molar-refractivity contribution in [3.8, 4) is 0 Å². The largest absolute Gasteiger partial charge is 0.469 e. The molecule has 1 aromatic heterocycles. The van der Waals surface area contributed by atoms with Crippen molar-refractivity contribution >= 4 is 5.97 Å². The van der Waals surface area contributed by atoms with E-state index in [1.165, 1.54) is 7.11 Å². The van der Waals surface area contributed by atoms with E-state index in [-0.39, 0.29) is 18.3 Å². The highest BCUT2D eigenvalue weighted by molar-refractivity contribution is 5.72. The van der Waals surface area contributed by atoms with Crippen LogP contribution in [0.15, 0.2) is 18.5 Å². The van der Waals surface area contributed by atoms with Crippen LogP contribution in [-0.2, 0) is 20.8 Å². The van der Waals surface area contributed by atoms with Crippen LogP contribution in [0.5, 0.6) is 0 Å².